The van der Waals surface area contributed by atoms with Crippen LogP contribution in [0.2, 0.25) is 0 Å². The molecule has 2 aromatic rings. The average Bonchev–Trinajstić information content (AvgIpc) is 2.49. The lowest BCUT2D eigenvalue weighted by atomic mass is 10.2. The van der Waals surface area contributed by atoms with Crippen LogP contribution in [0.4, 0.5) is 21.5 Å². The monoisotopic (exact) mass is 315 g/mol. The molecule has 2 aromatic carbocycles. The summed E-state index contributed by atoms with van der Waals surface area (Å²) in [5.74, 6) is -1.02. The molecule has 0 aliphatic rings. The summed E-state index contributed by atoms with van der Waals surface area (Å²) in [7, 11) is 0. The van der Waals surface area contributed by atoms with Crippen molar-refractivity contribution in [1.29, 1.82) is 0 Å². The maximum Gasteiger partial charge on any atom is 0.246 e. The lowest BCUT2D eigenvalue weighted by molar-refractivity contribution is -0.116. The van der Waals surface area contributed by atoms with Crippen molar-refractivity contribution < 1.29 is 14.0 Å². The molecule has 3 N–H and O–H groups in total. The van der Waals surface area contributed by atoms with Gasteiger partial charge >= 0.3 is 0 Å². The number of hydrogen-bond acceptors (Lipinski definition) is 3. The first kappa shape index (κ1) is 16.5. The molecule has 0 fully saturated rings. The van der Waals surface area contributed by atoms with Gasteiger partial charge in [-0.2, -0.15) is 0 Å². The molecular weight excluding hydrogens is 297 g/mol. The lowest BCUT2D eigenvalue weighted by Crippen LogP contribution is -2.32. The van der Waals surface area contributed by atoms with Gasteiger partial charge in [0.15, 0.2) is 0 Å². The highest BCUT2D eigenvalue weighted by atomic mass is 19.1. The van der Waals surface area contributed by atoms with Crippen LogP contribution in [0.15, 0.2) is 48.5 Å². The molecule has 0 radical (unpaired) electrons. The summed E-state index contributed by atoms with van der Waals surface area (Å²) in [4.78, 5) is 23.2. The maximum atomic E-state index is 13.5. The summed E-state index contributed by atoms with van der Waals surface area (Å²) in [6.07, 6.45) is 0. The molecule has 2 rings (SSSR count). The fourth-order valence-corrected chi connectivity index (χ4v) is 2.01. The molecule has 120 valence electrons. The summed E-state index contributed by atoms with van der Waals surface area (Å²) >= 11 is 0. The topological polar surface area (TPSA) is 70.2 Å². The van der Waals surface area contributed by atoms with Gasteiger partial charge in [0.05, 0.1) is 5.69 Å². The number of amides is 2. The second-order valence-corrected chi connectivity index (χ2v) is 5.10. The summed E-state index contributed by atoms with van der Waals surface area (Å²) in [5, 5.41) is 8.21. The highest BCUT2D eigenvalue weighted by molar-refractivity contribution is 5.96. The summed E-state index contributed by atoms with van der Waals surface area (Å²) < 4.78 is 13.5. The van der Waals surface area contributed by atoms with E-state index >= 15 is 0 Å². The van der Waals surface area contributed by atoms with Crippen LogP contribution in [0.25, 0.3) is 0 Å². The normalized spacial score (nSPS) is 11.4. The first-order valence-electron chi connectivity index (χ1n) is 7.15. The van der Waals surface area contributed by atoms with Gasteiger partial charge in [-0.1, -0.05) is 18.2 Å². The van der Waals surface area contributed by atoms with Crippen molar-refractivity contribution >= 4 is 28.9 Å². The Bertz CT molecular complexity index is 718. The number of hydrogen-bond donors (Lipinski definition) is 3. The highest BCUT2D eigenvalue weighted by Gasteiger charge is 2.14. The molecule has 0 aromatic heterocycles. The number of rotatable bonds is 5. The fraction of sp³-hybridized carbons (Fsp3) is 0.176. The van der Waals surface area contributed by atoms with Gasteiger partial charge in [0.25, 0.3) is 0 Å². The number of anilines is 3. The predicted octanol–water partition coefficient (Wildman–Crippen LogP) is 3.22. The van der Waals surface area contributed by atoms with Crippen molar-refractivity contribution in [3.05, 3.63) is 54.3 Å². The molecule has 0 aliphatic heterocycles. The Balaban J connectivity index is 2.01. The first-order valence-corrected chi connectivity index (χ1v) is 7.15. The Morgan fingerprint density at radius 2 is 1.70 bits per heavy atom. The number of halogens is 1. The third-order valence-electron chi connectivity index (χ3n) is 3.09. The van der Waals surface area contributed by atoms with E-state index in [1.165, 1.54) is 19.1 Å². The van der Waals surface area contributed by atoms with E-state index in [0.717, 1.165) is 0 Å². The fourth-order valence-electron chi connectivity index (χ4n) is 2.01. The molecule has 2 amide bonds. The summed E-state index contributed by atoms with van der Waals surface area (Å²) in [6, 6.07) is 12.4. The van der Waals surface area contributed by atoms with Gasteiger partial charge in [0, 0.05) is 18.3 Å². The van der Waals surface area contributed by atoms with Crippen molar-refractivity contribution in [2.24, 2.45) is 0 Å². The van der Waals surface area contributed by atoms with Gasteiger partial charge in [-0.05, 0) is 37.3 Å². The Morgan fingerprint density at radius 3 is 2.39 bits per heavy atom. The zero-order valence-corrected chi connectivity index (χ0v) is 12.9. The second kappa shape index (κ2) is 7.40. The third kappa shape index (κ3) is 4.81. The molecule has 0 unspecified atom stereocenters. The highest BCUT2D eigenvalue weighted by Crippen LogP contribution is 2.17. The lowest BCUT2D eigenvalue weighted by Gasteiger charge is -2.16. The Kier molecular flexibility index (Phi) is 5.30. The van der Waals surface area contributed by atoms with Gasteiger partial charge < -0.3 is 16.0 Å². The van der Waals surface area contributed by atoms with E-state index in [1.807, 2.05) is 0 Å². The molecule has 6 heteroatoms. The molecule has 23 heavy (non-hydrogen) atoms. The number of nitrogens with one attached hydrogen (secondary N) is 3. The zero-order valence-electron chi connectivity index (χ0n) is 12.9. The molecule has 1 atom stereocenters. The molecule has 0 spiro atoms. The van der Waals surface area contributed by atoms with E-state index in [-0.39, 0.29) is 17.5 Å². The van der Waals surface area contributed by atoms with Crippen molar-refractivity contribution in [1.82, 2.24) is 0 Å². The van der Waals surface area contributed by atoms with E-state index in [4.69, 9.17) is 0 Å². The number of carbonyl (C=O) groups is 2. The molecule has 0 aliphatic carbocycles. The minimum absolute atomic E-state index is 0.137. The van der Waals surface area contributed by atoms with Crippen molar-refractivity contribution in [3.63, 3.8) is 0 Å². The molecule has 0 saturated carbocycles. The SMILES string of the molecule is CC(=O)Nc1cccc(N[C@@H](C)C(=O)Nc2ccccc2F)c1. The molecule has 0 bridgehead atoms. The smallest absolute Gasteiger partial charge is 0.246 e. The van der Waals surface area contributed by atoms with E-state index in [2.05, 4.69) is 16.0 Å². The Morgan fingerprint density at radius 1 is 1.00 bits per heavy atom. The van der Waals surface area contributed by atoms with Crippen molar-refractivity contribution in [2.75, 3.05) is 16.0 Å². The quantitative estimate of drug-likeness (QED) is 0.793. The van der Waals surface area contributed by atoms with Crippen molar-refractivity contribution in [2.45, 2.75) is 19.9 Å². The number of para-hydroxylation sites is 1. The minimum atomic E-state index is -0.581. The van der Waals surface area contributed by atoms with Crippen LogP contribution in [0.5, 0.6) is 0 Å². The summed E-state index contributed by atoms with van der Waals surface area (Å²) in [5.41, 5.74) is 1.44. The van der Waals surface area contributed by atoms with Gasteiger partial charge in [0.2, 0.25) is 11.8 Å². The van der Waals surface area contributed by atoms with E-state index in [1.54, 1.807) is 43.3 Å². The average molecular weight is 315 g/mol. The van der Waals surface area contributed by atoms with Gasteiger partial charge in [0.1, 0.15) is 11.9 Å². The van der Waals surface area contributed by atoms with Crippen LogP contribution >= 0.6 is 0 Å². The summed E-state index contributed by atoms with van der Waals surface area (Å²) in [6.45, 7) is 3.09. The standard InChI is InChI=1S/C17H18FN3O2/c1-11(17(23)21-16-9-4-3-8-15(16)18)19-13-6-5-7-14(10-13)20-12(2)22/h3-11,19H,1-2H3,(H,20,22)(H,21,23)/t11-/m0/s1. The van der Waals surface area contributed by atoms with Gasteiger partial charge in [-0.25, -0.2) is 4.39 Å². The molecule has 0 saturated heterocycles. The molecular formula is C17H18FN3O2. The van der Waals surface area contributed by atoms with Crippen LogP contribution in [-0.4, -0.2) is 17.9 Å². The first-order chi connectivity index (χ1) is 11.0. The van der Waals surface area contributed by atoms with Crippen LogP contribution < -0.4 is 16.0 Å². The Labute approximate surface area is 133 Å². The Hall–Kier alpha value is -2.89. The molecule has 0 heterocycles. The number of carbonyl (C=O) groups excluding carboxylic acids is 2. The van der Waals surface area contributed by atoms with Crippen molar-refractivity contribution in [3.8, 4) is 0 Å². The van der Waals surface area contributed by atoms with E-state index in [0.29, 0.717) is 11.4 Å². The van der Waals surface area contributed by atoms with Gasteiger partial charge in [-0.3, -0.25) is 9.59 Å². The van der Waals surface area contributed by atoms with Crippen LogP contribution in [-0.2, 0) is 9.59 Å². The van der Waals surface area contributed by atoms with E-state index < -0.39 is 11.9 Å². The largest absolute Gasteiger partial charge is 0.374 e. The predicted molar refractivity (Wildman–Crippen MR) is 88.9 cm³/mol. The minimum Gasteiger partial charge on any atom is -0.374 e. The number of benzene rings is 2. The molecule has 5 nitrogen and oxygen atoms in total. The third-order valence-corrected chi connectivity index (χ3v) is 3.09. The van der Waals surface area contributed by atoms with Crippen LogP contribution in [0.1, 0.15) is 13.8 Å². The van der Waals surface area contributed by atoms with Crippen LogP contribution in [0, 0.1) is 5.82 Å². The maximum absolute atomic E-state index is 13.5. The second-order valence-electron chi connectivity index (χ2n) is 5.10. The van der Waals surface area contributed by atoms with Crippen LogP contribution in [0.3, 0.4) is 0 Å². The zero-order chi connectivity index (χ0) is 16.8. The van der Waals surface area contributed by atoms with Gasteiger partial charge in [-0.15, -0.1) is 0 Å². The van der Waals surface area contributed by atoms with E-state index in [9.17, 15) is 14.0 Å².